The quantitative estimate of drug-likeness (QED) is 0.553. The zero-order valence-corrected chi connectivity index (χ0v) is 17.6. The molecule has 0 aliphatic carbocycles. The van der Waals surface area contributed by atoms with Crippen molar-refractivity contribution in [2.45, 2.75) is 39.0 Å². The van der Waals surface area contributed by atoms with E-state index in [-0.39, 0.29) is 33.3 Å². The van der Waals surface area contributed by atoms with Crippen LogP contribution in [0, 0.1) is 20.8 Å². The minimum atomic E-state index is -3.51. The summed E-state index contributed by atoms with van der Waals surface area (Å²) in [5, 5.41) is 4.20. The fraction of sp³-hybridized carbons (Fsp3) is 0.389. The van der Waals surface area contributed by atoms with Crippen LogP contribution >= 0.6 is 11.6 Å². The minimum absolute atomic E-state index is 0.0305. The van der Waals surface area contributed by atoms with Crippen molar-refractivity contribution in [3.63, 3.8) is 0 Å². The molecule has 2 aromatic rings. The van der Waals surface area contributed by atoms with Gasteiger partial charge >= 0.3 is 5.97 Å². The Morgan fingerprint density at radius 3 is 2.37 bits per heavy atom. The predicted molar refractivity (Wildman–Crippen MR) is 101 cm³/mol. The molecule has 9 heteroatoms. The standard InChI is InChI=1S/C18H21ClN2O5S/c1-7-13(22)26-18-14(11(4)20-21(18)5)16(23)12-8-9(2)17(27(6,24)25)10(3)15(12)19/h8H,7H2,1-6H3. The van der Waals surface area contributed by atoms with Crippen molar-refractivity contribution in [3.05, 3.63) is 39.0 Å². The number of aryl methyl sites for hydroxylation is 3. The Hall–Kier alpha value is -2.19. The first-order chi connectivity index (χ1) is 12.4. The number of hydrogen-bond donors (Lipinski definition) is 0. The highest BCUT2D eigenvalue weighted by Gasteiger charge is 2.28. The van der Waals surface area contributed by atoms with Crippen LogP contribution < -0.4 is 4.74 Å². The molecule has 2 rings (SSSR count). The van der Waals surface area contributed by atoms with E-state index in [1.165, 1.54) is 10.7 Å². The maximum absolute atomic E-state index is 13.2. The highest BCUT2D eigenvalue weighted by Crippen LogP contribution is 2.34. The molecule has 1 heterocycles. The highest BCUT2D eigenvalue weighted by atomic mass is 35.5. The normalized spacial score (nSPS) is 11.5. The number of nitrogens with zero attached hydrogens (tertiary/aromatic N) is 2. The van der Waals surface area contributed by atoms with Crippen LogP contribution in [-0.2, 0) is 21.7 Å². The highest BCUT2D eigenvalue weighted by molar-refractivity contribution is 7.90. The topological polar surface area (TPSA) is 95.3 Å². The van der Waals surface area contributed by atoms with E-state index in [1.54, 1.807) is 34.7 Å². The van der Waals surface area contributed by atoms with Crippen molar-refractivity contribution in [1.82, 2.24) is 9.78 Å². The third-order valence-electron chi connectivity index (χ3n) is 4.14. The lowest BCUT2D eigenvalue weighted by molar-refractivity contribution is -0.134. The van der Waals surface area contributed by atoms with Crippen LogP contribution in [0.1, 0.15) is 46.1 Å². The fourth-order valence-electron chi connectivity index (χ4n) is 3.01. The number of rotatable bonds is 5. The zero-order valence-electron chi connectivity index (χ0n) is 16.0. The molecule has 0 bridgehead atoms. The number of ether oxygens (including phenoxy) is 1. The Morgan fingerprint density at radius 1 is 1.26 bits per heavy atom. The van der Waals surface area contributed by atoms with Gasteiger partial charge in [-0.2, -0.15) is 5.10 Å². The Labute approximate surface area is 163 Å². The van der Waals surface area contributed by atoms with Crippen molar-refractivity contribution in [2.24, 2.45) is 7.05 Å². The van der Waals surface area contributed by atoms with Crippen molar-refractivity contribution in [1.29, 1.82) is 0 Å². The second-order valence-corrected chi connectivity index (χ2v) is 8.66. The number of sulfone groups is 1. The first kappa shape index (κ1) is 21.1. The number of aromatic nitrogens is 2. The second kappa shape index (κ2) is 7.44. The molecule has 0 aliphatic heterocycles. The van der Waals surface area contributed by atoms with Gasteiger partial charge in [-0.3, -0.25) is 9.59 Å². The molecule has 0 N–H and O–H groups in total. The van der Waals surface area contributed by atoms with Crippen molar-refractivity contribution >= 4 is 33.2 Å². The Bertz CT molecular complexity index is 1050. The third kappa shape index (κ3) is 3.91. The van der Waals surface area contributed by atoms with Crippen LogP contribution in [-0.4, -0.2) is 36.2 Å². The van der Waals surface area contributed by atoms with Gasteiger partial charge in [-0.25, -0.2) is 13.1 Å². The summed E-state index contributed by atoms with van der Waals surface area (Å²) in [6, 6.07) is 1.44. The van der Waals surface area contributed by atoms with E-state index >= 15 is 0 Å². The van der Waals surface area contributed by atoms with Crippen LogP contribution in [0.5, 0.6) is 5.88 Å². The molecule has 1 aromatic carbocycles. The first-order valence-corrected chi connectivity index (χ1v) is 10.5. The monoisotopic (exact) mass is 412 g/mol. The molecule has 27 heavy (non-hydrogen) atoms. The van der Waals surface area contributed by atoms with Gasteiger partial charge in [0.05, 0.1) is 15.6 Å². The predicted octanol–water partition coefficient (Wildman–Crippen LogP) is 2.95. The molecular formula is C18H21ClN2O5S. The smallest absolute Gasteiger partial charge is 0.312 e. The van der Waals surface area contributed by atoms with Gasteiger partial charge in [-0.15, -0.1) is 0 Å². The lowest BCUT2D eigenvalue weighted by atomic mass is 9.99. The summed E-state index contributed by atoms with van der Waals surface area (Å²) < 4.78 is 30.6. The molecule has 0 aliphatic rings. The molecule has 0 saturated heterocycles. The van der Waals surface area contributed by atoms with Crippen LogP contribution in [0.2, 0.25) is 5.02 Å². The molecule has 0 fully saturated rings. The first-order valence-electron chi connectivity index (χ1n) is 8.18. The van der Waals surface area contributed by atoms with Crippen molar-refractivity contribution in [2.75, 3.05) is 6.26 Å². The maximum atomic E-state index is 13.2. The SMILES string of the molecule is CCC(=O)Oc1c(C(=O)c2cc(C)c(S(C)(=O)=O)c(C)c2Cl)c(C)nn1C. The summed E-state index contributed by atoms with van der Waals surface area (Å²) >= 11 is 6.35. The summed E-state index contributed by atoms with van der Waals surface area (Å²) in [6.45, 7) is 6.41. The molecule has 0 unspecified atom stereocenters. The molecule has 7 nitrogen and oxygen atoms in total. The lowest BCUT2D eigenvalue weighted by Crippen LogP contribution is -2.14. The van der Waals surface area contributed by atoms with Gasteiger partial charge in [-0.05, 0) is 38.0 Å². The average molecular weight is 413 g/mol. The average Bonchev–Trinajstić information content (AvgIpc) is 2.82. The van der Waals surface area contributed by atoms with E-state index in [2.05, 4.69) is 5.10 Å². The third-order valence-corrected chi connectivity index (χ3v) is 5.99. The van der Waals surface area contributed by atoms with E-state index in [0.717, 1.165) is 6.26 Å². The second-order valence-electron chi connectivity index (χ2n) is 6.33. The number of esters is 1. The number of ketones is 1. The number of halogens is 1. The van der Waals surface area contributed by atoms with Gasteiger partial charge < -0.3 is 4.74 Å². The molecule has 0 atom stereocenters. The van der Waals surface area contributed by atoms with Crippen LogP contribution in [0.3, 0.4) is 0 Å². The summed E-state index contributed by atoms with van der Waals surface area (Å²) in [4.78, 5) is 25.0. The summed E-state index contributed by atoms with van der Waals surface area (Å²) in [6.07, 6.45) is 1.23. The molecular weight excluding hydrogens is 392 g/mol. The number of hydrogen-bond acceptors (Lipinski definition) is 6. The van der Waals surface area contributed by atoms with Crippen LogP contribution in [0.4, 0.5) is 0 Å². The van der Waals surface area contributed by atoms with Crippen molar-refractivity contribution < 1.29 is 22.7 Å². The lowest BCUT2D eigenvalue weighted by Gasteiger charge is -2.14. The van der Waals surface area contributed by atoms with Gasteiger partial charge in [0, 0.05) is 25.3 Å². The number of carbonyl (C=O) groups excluding carboxylic acids is 2. The van der Waals surface area contributed by atoms with E-state index in [1.807, 2.05) is 0 Å². The molecule has 1 aromatic heterocycles. The maximum Gasteiger partial charge on any atom is 0.312 e. The molecule has 0 radical (unpaired) electrons. The summed E-state index contributed by atoms with van der Waals surface area (Å²) in [5.74, 6) is -0.961. The Morgan fingerprint density at radius 2 is 1.85 bits per heavy atom. The van der Waals surface area contributed by atoms with E-state index < -0.39 is 21.6 Å². The van der Waals surface area contributed by atoms with Gasteiger partial charge in [0.2, 0.25) is 11.7 Å². The number of benzene rings is 1. The van der Waals surface area contributed by atoms with Crippen LogP contribution in [0.25, 0.3) is 0 Å². The Kier molecular flexibility index (Phi) is 5.82. The van der Waals surface area contributed by atoms with E-state index in [9.17, 15) is 18.0 Å². The Balaban J connectivity index is 2.69. The molecule has 146 valence electrons. The number of carbonyl (C=O) groups is 2. The van der Waals surface area contributed by atoms with Gasteiger partial charge in [0.15, 0.2) is 9.84 Å². The summed E-state index contributed by atoms with van der Waals surface area (Å²) in [5.41, 5.74) is 1.34. The van der Waals surface area contributed by atoms with E-state index in [4.69, 9.17) is 16.3 Å². The fourth-order valence-corrected chi connectivity index (χ4v) is 4.60. The van der Waals surface area contributed by atoms with Crippen molar-refractivity contribution in [3.8, 4) is 5.88 Å². The molecule has 0 amide bonds. The largest absolute Gasteiger partial charge is 0.407 e. The van der Waals surface area contributed by atoms with Gasteiger partial charge in [0.25, 0.3) is 0 Å². The summed E-state index contributed by atoms with van der Waals surface area (Å²) in [7, 11) is -1.94. The van der Waals surface area contributed by atoms with Gasteiger partial charge in [-0.1, -0.05) is 18.5 Å². The zero-order chi connectivity index (χ0) is 20.7. The van der Waals surface area contributed by atoms with Gasteiger partial charge in [0.1, 0.15) is 5.56 Å². The van der Waals surface area contributed by atoms with E-state index in [0.29, 0.717) is 16.8 Å². The molecule has 0 saturated carbocycles. The molecule has 0 spiro atoms. The van der Waals surface area contributed by atoms with Crippen LogP contribution in [0.15, 0.2) is 11.0 Å². The minimum Gasteiger partial charge on any atom is -0.407 e.